The molecule has 0 saturated carbocycles. The second kappa shape index (κ2) is 9.58. The summed E-state index contributed by atoms with van der Waals surface area (Å²) in [7, 11) is 0. The number of piperidine rings is 1. The molecule has 2 unspecified atom stereocenters. The number of rotatable bonds is 7. The molecule has 0 aromatic carbocycles. The van der Waals surface area contributed by atoms with E-state index < -0.39 is 0 Å². The Bertz CT molecular complexity index is 952. The highest BCUT2D eigenvalue weighted by atomic mass is 15.2. The van der Waals surface area contributed by atoms with Crippen molar-refractivity contribution in [3.05, 3.63) is 46.9 Å². The molecule has 2 atom stereocenters. The maximum atomic E-state index is 8.76. The zero-order valence-corrected chi connectivity index (χ0v) is 17.6. The predicted octanol–water partition coefficient (Wildman–Crippen LogP) is 2.53. The fourth-order valence-corrected chi connectivity index (χ4v) is 3.62. The van der Waals surface area contributed by atoms with Crippen LogP contribution in [0.2, 0.25) is 0 Å². The SMILES string of the molecule is CCN=CC(C=N)c1cc(C(=N)c2ccc(C)c(N3CCCC(N)C3)n2)c(N)cn1. The molecule has 3 rings (SSSR count). The third-order valence-corrected chi connectivity index (χ3v) is 5.28. The number of aromatic nitrogens is 2. The number of aryl methyl sites for hydroxylation is 1. The molecule has 1 saturated heterocycles. The lowest BCUT2D eigenvalue weighted by atomic mass is 10.00. The first-order chi connectivity index (χ1) is 14.4. The van der Waals surface area contributed by atoms with Crippen molar-refractivity contribution in [2.45, 2.75) is 38.6 Å². The third-order valence-electron chi connectivity index (χ3n) is 5.28. The maximum absolute atomic E-state index is 8.76. The largest absolute Gasteiger partial charge is 0.397 e. The van der Waals surface area contributed by atoms with Crippen molar-refractivity contribution in [3.8, 4) is 0 Å². The number of pyridine rings is 2. The van der Waals surface area contributed by atoms with Crippen LogP contribution in [-0.2, 0) is 0 Å². The predicted molar refractivity (Wildman–Crippen MR) is 124 cm³/mol. The molecular formula is C22H30N8. The van der Waals surface area contributed by atoms with Crippen molar-refractivity contribution in [1.82, 2.24) is 9.97 Å². The minimum atomic E-state index is -0.353. The number of nitrogens with one attached hydrogen (secondary N) is 2. The second-order valence-electron chi connectivity index (χ2n) is 7.60. The molecule has 8 heteroatoms. The monoisotopic (exact) mass is 406 g/mol. The molecule has 0 amide bonds. The van der Waals surface area contributed by atoms with Crippen molar-refractivity contribution >= 4 is 29.6 Å². The topological polar surface area (TPSA) is 141 Å². The molecule has 0 radical (unpaired) electrons. The van der Waals surface area contributed by atoms with Gasteiger partial charge in [-0.2, -0.15) is 0 Å². The first-order valence-electron chi connectivity index (χ1n) is 10.3. The Morgan fingerprint density at radius 1 is 1.43 bits per heavy atom. The van der Waals surface area contributed by atoms with Crippen LogP contribution < -0.4 is 16.4 Å². The van der Waals surface area contributed by atoms with Crippen LogP contribution in [0.3, 0.4) is 0 Å². The van der Waals surface area contributed by atoms with Gasteiger partial charge in [0.05, 0.1) is 34.9 Å². The lowest BCUT2D eigenvalue weighted by molar-refractivity contribution is 0.502. The normalized spacial score (nSPS) is 17.8. The molecule has 2 aromatic heterocycles. The van der Waals surface area contributed by atoms with Gasteiger partial charge in [0.15, 0.2) is 0 Å². The molecule has 158 valence electrons. The molecule has 2 aromatic rings. The van der Waals surface area contributed by atoms with E-state index in [4.69, 9.17) is 27.3 Å². The Morgan fingerprint density at radius 2 is 2.23 bits per heavy atom. The molecule has 30 heavy (non-hydrogen) atoms. The van der Waals surface area contributed by atoms with Crippen molar-refractivity contribution < 1.29 is 0 Å². The molecule has 6 N–H and O–H groups in total. The molecular weight excluding hydrogens is 376 g/mol. The van der Waals surface area contributed by atoms with E-state index in [-0.39, 0.29) is 17.7 Å². The summed E-state index contributed by atoms with van der Waals surface area (Å²) in [5.41, 5.74) is 15.7. The summed E-state index contributed by atoms with van der Waals surface area (Å²) in [6, 6.07) is 5.73. The number of hydrogen-bond donors (Lipinski definition) is 4. The first-order valence-corrected chi connectivity index (χ1v) is 10.3. The van der Waals surface area contributed by atoms with Crippen LogP contribution in [-0.4, -0.2) is 53.8 Å². The molecule has 3 heterocycles. The van der Waals surface area contributed by atoms with Crippen LogP contribution in [0, 0.1) is 17.7 Å². The van der Waals surface area contributed by atoms with Crippen molar-refractivity contribution in [2.24, 2.45) is 10.7 Å². The second-order valence-corrected chi connectivity index (χ2v) is 7.60. The summed E-state index contributed by atoms with van der Waals surface area (Å²) in [5.74, 6) is 0.515. The lowest BCUT2D eigenvalue weighted by Crippen LogP contribution is -2.43. The minimum Gasteiger partial charge on any atom is -0.397 e. The van der Waals surface area contributed by atoms with Gasteiger partial charge in [0.25, 0.3) is 0 Å². The zero-order chi connectivity index (χ0) is 21.7. The van der Waals surface area contributed by atoms with Crippen molar-refractivity contribution in [2.75, 3.05) is 30.3 Å². The van der Waals surface area contributed by atoms with Crippen LogP contribution >= 0.6 is 0 Å². The van der Waals surface area contributed by atoms with Gasteiger partial charge in [-0.15, -0.1) is 0 Å². The Hall–Kier alpha value is -3.13. The van der Waals surface area contributed by atoms with E-state index in [1.54, 1.807) is 12.3 Å². The number of nitrogens with zero attached hydrogens (tertiary/aromatic N) is 4. The summed E-state index contributed by atoms with van der Waals surface area (Å²) in [6.07, 6.45) is 6.58. The number of nitrogen functional groups attached to an aromatic ring is 1. The van der Waals surface area contributed by atoms with Gasteiger partial charge in [0.2, 0.25) is 0 Å². The van der Waals surface area contributed by atoms with E-state index >= 15 is 0 Å². The van der Waals surface area contributed by atoms with E-state index in [1.165, 1.54) is 12.4 Å². The Morgan fingerprint density at radius 3 is 2.93 bits per heavy atom. The van der Waals surface area contributed by atoms with Crippen LogP contribution in [0.4, 0.5) is 11.5 Å². The van der Waals surface area contributed by atoms with Crippen molar-refractivity contribution in [3.63, 3.8) is 0 Å². The van der Waals surface area contributed by atoms with Gasteiger partial charge in [-0.1, -0.05) is 6.07 Å². The third kappa shape index (κ3) is 4.71. The molecule has 0 spiro atoms. The van der Waals surface area contributed by atoms with Gasteiger partial charge in [-0.25, -0.2) is 4.98 Å². The van der Waals surface area contributed by atoms with Crippen molar-refractivity contribution in [1.29, 1.82) is 10.8 Å². The molecule has 0 aliphatic carbocycles. The van der Waals surface area contributed by atoms with Crippen LogP contribution in [0.5, 0.6) is 0 Å². The average molecular weight is 407 g/mol. The maximum Gasteiger partial charge on any atom is 0.132 e. The zero-order valence-electron chi connectivity index (χ0n) is 17.6. The van der Waals surface area contributed by atoms with Gasteiger partial charge in [0, 0.05) is 43.7 Å². The minimum absolute atomic E-state index is 0.143. The molecule has 0 bridgehead atoms. The van der Waals surface area contributed by atoms with Gasteiger partial charge < -0.3 is 21.8 Å². The summed E-state index contributed by atoms with van der Waals surface area (Å²) < 4.78 is 0. The molecule has 1 aliphatic heterocycles. The number of anilines is 2. The van der Waals surface area contributed by atoms with Crippen LogP contribution in [0.1, 0.15) is 48.2 Å². The van der Waals surface area contributed by atoms with Crippen LogP contribution in [0.15, 0.2) is 29.4 Å². The molecule has 1 fully saturated rings. The molecule has 8 nitrogen and oxygen atoms in total. The Kier molecular flexibility index (Phi) is 6.89. The summed E-state index contributed by atoms with van der Waals surface area (Å²) >= 11 is 0. The fourth-order valence-electron chi connectivity index (χ4n) is 3.62. The molecule has 1 aliphatic rings. The van der Waals surface area contributed by atoms with Crippen LogP contribution in [0.25, 0.3) is 0 Å². The highest BCUT2D eigenvalue weighted by molar-refractivity contribution is 6.13. The number of aliphatic imine (C=N–C) groups is 1. The smallest absolute Gasteiger partial charge is 0.132 e. The first kappa shape index (κ1) is 21.6. The fraction of sp³-hybridized carbons (Fsp3) is 0.409. The average Bonchev–Trinajstić information content (AvgIpc) is 2.75. The summed E-state index contributed by atoms with van der Waals surface area (Å²) in [6.45, 7) is 6.28. The van der Waals surface area contributed by atoms with E-state index in [0.717, 1.165) is 37.3 Å². The van der Waals surface area contributed by atoms with E-state index in [0.29, 0.717) is 29.2 Å². The highest BCUT2D eigenvalue weighted by Crippen LogP contribution is 2.24. The summed E-state index contributed by atoms with van der Waals surface area (Å²) in [5, 5.41) is 16.4. The van der Waals surface area contributed by atoms with Gasteiger partial charge in [-0.05, 0) is 44.4 Å². The van der Waals surface area contributed by atoms with E-state index in [9.17, 15) is 0 Å². The lowest BCUT2D eigenvalue weighted by Gasteiger charge is -2.32. The Balaban J connectivity index is 1.94. The Labute approximate surface area is 177 Å². The highest BCUT2D eigenvalue weighted by Gasteiger charge is 2.21. The van der Waals surface area contributed by atoms with Gasteiger partial charge >= 0.3 is 0 Å². The van der Waals surface area contributed by atoms with E-state index in [2.05, 4.69) is 14.9 Å². The standard InChI is InChI=1S/C22H30N8/c1-3-27-11-15(10-23)20-9-17(18(25)12-28-20)21(26)19-7-6-14(2)22(29-19)30-8-4-5-16(24)13-30/h6-7,9-12,15-16,23,26H,3-5,8,13,24-25H2,1-2H3. The summed E-state index contributed by atoms with van der Waals surface area (Å²) in [4.78, 5) is 15.6. The van der Waals surface area contributed by atoms with E-state index in [1.807, 2.05) is 26.0 Å². The van der Waals surface area contributed by atoms with Gasteiger partial charge in [-0.3, -0.25) is 15.4 Å². The number of nitrogens with two attached hydrogens (primary N) is 2. The van der Waals surface area contributed by atoms with Gasteiger partial charge in [0.1, 0.15) is 5.82 Å². The quantitative estimate of drug-likeness (QED) is 0.523. The number of hydrogen-bond acceptors (Lipinski definition) is 8.